The predicted octanol–water partition coefficient (Wildman–Crippen LogP) is 1.55. The second-order valence-corrected chi connectivity index (χ2v) is 7.62. The van der Waals surface area contributed by atoms with E-state index in [4.69, 9.17) is 5.73 Å². The fourth-order valence-electron chi connectivity index (χ4n) is 2.97. The van der Waals surface area contributed by atoms with Crippen LogP contribution in [0.1, 0.15) is 11.5 Å². The molecule has 5 nitrogen and oxygen atoms in total. The number of aliphatic carboxylic acids is 1. The Balaban J connectivity index is 2.09. The van der Waals surface area contributed by atoms with Crippen LogP contribution in [0.3, 0.4) is 0 Å². The Morgan fingerprint density at radius 2 is 1.78 bits per heavy atom. The maximum atomic E-state index is 13.4. The van der Waals surface area contributed by atoms with Crippen molar-refractivity contribution in [2.24, 2.45) is 5.73 Å². The van der Waals surface area contributed by atoms with E-state index in [2.05, 4.69) is 0 Å². The molecule has 2 aromatic carbocycles. The van der Waals surface area contributed by atoms with Gasteiger partial charge in [-0.2, -0.15) is 0 Å². The van der Waals surface area contributed by atoms with Gasteiger partial charge >= 0.3 is 5.97 Å². The number of hydrogen-bond donors (Lipinski definition) is 2. The summed E-state index contributed by atoms with van der Waals surface area (Å²) in [5, 5.41) is 8.07. The normalized spacial score (nSPS) is 26.7. The molecular formula is C16H14FNO4S. The van der Waals surface area contributed by atoms with Gasteiger partial charge in [-0.3, -0.25) is 4.79 Å². The first-order valence-corrected chi connectivity index (χ1v) is 8.41. The lowest BCUT2D eigenvalue weighted by Gasteiger charge is -2.06. The summed E-state index contributed by atoms with van der Waals surface area (Å²) in [5.41, 5.74) is 4.18. The zero-order chi connectivity index (χ0) is 16.8. The second kappa shape index (κ2) is 5.14. The van der Waals surface area contributed by atoms with Crippen LogP contribution >= 0.6 is 0 Å². The van der Waals surface area contributed by atoms with Gasteiger partial charge < -0.3 is 10.8 Å². The summed E-state index contributed by atoms with van der Waals surface area (Å²) >= 11 is 0. The van der Waals surface area contributed by atoms with Crippen LogP contribution in [0.15, 0.2) is 59.5 Å². The number of benzene rings is 2. The molecule has 23 heavy (non-hydrogen) atoms. The molecular weight excluding hydrogens is 321 g/mol. The molecule has 3 rings (SSSR count). The average molecular weight is 335 g/mol. The zero-order valence-electron chi connectivity index (χ0n) is 11.9. The van der Waals surface area contributed by atoms with Crippen LogP contribution in [0.5, 0.6) is 0 Å². The molecule has 3 N–H and O–H groups in total. The molecule has 0 amide bonds. The molecule has 0 unspecified atom stereocenters. The van der Waals surface area contributed by atoms with Crippen molar-refractivity contribution in [3.63, 3.8) is 0 Å². The predicted molar refractivity (Wildman–Crippen MR) is 81.1 cm³/mol. The fraction of sp³-hybridized carbons (Fsp3) is 0.188. The highest BCUT2D eigenvalue weighted by Gasteiger charge is 2.74. The van der Waals surface area contributed by atoms with Crippen LogP contribution in [0.4, 0.5) is 4.39 Å². The van der Waals surface area contributed by atoms with E-state index >= 15 is 0 Å². The Kier molecular flexibility index (Phi) is 3.50. The van der Waals surface area contributed by atoms with Crippen molar-refractivity contribution in [1.29, 1.82) is 0 Å². The van der Waals surface area contributed by atoms with E-state index in [1.165, 1.54) is 30.3 Å². The summed E-state index contributed by atoms with van der Waals surface area (Å²) in [6, 6.07) is 12.7. The highest BCUT2D eigenvalue weighted by molar-refractivity contribution is 7.92. The SMILES string of the molecule is N[C@]1(C(=O)O)[C@H](c2cccc(F)c2)[C@H]1S(=O)(=O)c1ccccc1. The zero-order valence-corrected chi connectivity index (χ0v) is 12.7. The largest absolute Gasteiger partial charge is 0.480 e. The van der Waals surface area contributed by atoms with E-state index in [0.717, 1.165) is 6.07 Å². The van der Waals surface area contributed by atoms with Gasteiger partial charge in [0.15, 0.2) is 9.84 Å². The third-order valence-electron chi connectivity index (χ3n) is 4.16. The van der Waals surface area contributed by atoms with Crippen molar-refractivity contribution in [2.45, 2.75) is 21.6 Å². The van der Waals surface area contributed by atoms with Crippen molar-refractivity contribution in [1.82, 2.24) is 0 Å². The Morgan fingerprint density at radius 3 is 2.35 bits per heavy atom. The summed E-state index contributed by atoms with van der Waals surface area (Å²) in [7, 11) is -3.96. The molecule has 0 bridgehead atoms. The molecule has 0 aliphatic heterocycles. The molecule has 0 radical (unpaired) electrons. The monoisotopic (exact) mass is 335 g/mol. The maximum Gasteiger partial charge on any atom is 0.325 e. The molecule has 3 atom stereocenters. The van der Waals surface area contributed by atoms with E-state index in [1.54, 1.807) is 18.2 Å². The molecule has 0 spiro atoms. The molecule has 1 aliphatic rings. The third-order valence-corrected chi connectivity index (χ3v) is 6.42. The highest BCUT2D eigenvalue weighted by Crippen LogP contribution is 2.55. The number of carboxylic acid groups (broad SMARTS) is 1. The summed E-state index contributed by atoms with van der Waals surface area (Å²) in [4.78, 5) is 11.6. The summed E-state index contributed by atoms with van der Waals surface area (Å²) in [6.45, 7) is 0. The molecule has 1 saturated carbocycles. The van der Waals surface area contributed by atoms with Crippen LogP contribution < -0.4 is 5.73 Å². The van der Waals surface area contributed by atoms with E-state index < -0.39 is 38.3 Å². The smallest absolute Gasteiger partial charge is 0.325 e. The first-order chi connectivity index (χ1) is 10.8. The molecule has 0 heterocycles. The lowest BCUT2D eigenvalue weighted by atomic mass is 10.1. The van der Waals surface area contributed by atoms with Crippen molar-refractivity contribution < 1.29 is 22.7 Å². The fourth-order valence-corrected chi connectivity index (χ4v) is 5.22. The van der Waals surface area contributed by atoms with E-state index in [0.29, 0.717) is 0 Å². The summed E-state index contributed by atoms with van der Waals surface area (Å²) in [6.07, 6.45) is 0. The highest BCUT2D eigenvalue weighted by atomic mass is 32.2. The van der Waals surface area contributed by atoms with Gasteiger partial charge in [0.2, 0.25) is 0 Å². The number of carbonyl (C=O) groups is 1. The minimum absolute atomic E-state index is 0.0000203. The summed E-state index contributed by atoms with van der Waals surface area (Å²) < 4.78 is 38.9. The van der Waals surface area contributed by atoms with Gasteiger partial charge in [0, 0.05) is 5.92 Å². The van der Waals surface area contributed by atoms with E-state index in [9.17, 15) is 22.7 Å². The minimum Gasteiger partial charge on any atom is -0.480 e. The molecule has 1 aliphatic carbocycles. The summed E-state index contributed by atoms with van der Waals surface area (Å²) in [5.74, 6) is -2.99. The van der Waals surface area contributed by atoms with Crippen LogP contribution in [-0.2, 0) is 14.6 Å². The Labute approximate surface area is 132 Å². The average Bonchev–Trinajstić information content (AvgIpc) is 3.17. The number of carboxylic acids is 1. The Hall–Kier alpha value is -2.25. The van der Waals surface area contributed by atoms with Crippen molar-refractivity contribution in [2.75, 3.05) is 0 Å². The van der Waals surface area contributed by atoms with Gasteiger partial charge in [-0.05, 0) is 29.8 Å². The van der Waals surface area contributed by atoms with E-state index in [-0.39, 0.29) is 10.5 Å². The van der Waals surface area contributed by atoms with Gasteiger partial charge in [0.05, 0.1) is 4.90 Å². The number of rotatable bonds is 4. The number of sulfone groups is 1. The first kappa shape index (κ1) is 15.6. The van der Waals surface area contributed by atoms with Crippen LogP contribution in [0.2, 0.25) is 0 Å². The number of nitrogens with two attached hydrogens (primary N) is 1. The van der Waals surface area contributed by atoms with Gasteiger partial charge in [-0.15, -0.1) is 0 Å². The Bertz CT molecular complexity index is 869. The van der Waals surface area contributed by atoms with Crippen molar-refractivity contribution in [3.05, 3.63) is 66.0 Å². The lowest BCUT2D eigenvalue weighted by Crippen LogP contribution is -2.39. The van der Waals surface area contributed by atoms with Gasteiger partial charge in [0.1, 0.15) is 16.6 Å². The third kappa shape index (κ3) is 2.32. The second-order valence-electron chi connectivity index (χ2n) is 5.55. The minimum atomic E-state index is -3.96. The van der Waals surface area contributed by atoms with Crippen molar-refractivity contribution in [3.8, 4) is 0 Å². The number of hydrogen-bond acceptors (Lipinski definition) is 4. The van der Waals surface area contributed by atoms with Gasteiger partial charge in [-0.1, -0.05) is 30.3 Å². The topological polar surface area (TPSA) is 97.5 Å². The molecule has 0 saturated heterocycles. The molecule has 1 fully saturated rings. The molecule has 120 valence electrons. The van der Waals surface area contributed by atoms with Gasteiger partial charge in [-0.25, -0.2) is 12.8 Å². The maximum absolute atomic E-state index is 13.4. The van der Waals surface area contributed by atoms with Gasteiger partial charge in [0.25, 0.3) is 0 Å². The Morgan fingerprint density at radius 1 is 1.13 bits per heavy atom. The van der Waals surface area contributed by atoms with Crippen LogP contribution in [-0.4, -0.2) is 30.3 Å². The first-order valence-electron chi connectivity index (χ1n) is 6.86. The molecule has 2 aromatic rings. The van der Waals surface area contributed by atoms with Crippen LogP contribution in [0.25, 0.3) is 0 Å². The quantitative estimate of drug-likeness (QED) is 0.883. The molecule has 7 heteroatoms. The standard InChI is InChI=1S/C16H14FNO4S/c17-11-6-4-5-10(9-11)13-14(16(13,18)15(19)20)23(21,22)12-7-2-1-3-8-12/h1-9,13-14H,18H2,(H,19,20)/t13-,14-,16-/m1/s1. The van der Waals surface area contributed by atoms with Crippen LogP contribution in [0, 0.1) is 5.82 Å². The number of halogens is 1. The lowest BCUT2D eigenvalue weighted by molar-refractivity contribution is -0.139. The van der Waals surface area contributed by atoms with E-state index in [1.807, 2.05) is 0 Å². The van der Waals surface area contributed by atoms with Crippen molar-refractivity contribution >= 4 is 15.8 Å². The molecule has 0 aromatic heterocycles.